The second-order valence-corrected chi connectivity index (χ2v) is 3.40. The number of aliphatic carboxylic acids is 1. The van der Waals surface area contributed by atoms with Gasteiger partial charge in [-0.25, -0.2) is 4.79 Å². The van der Waals surface area contributed by atoms with Crippen LogP contribution in [0.2, 0.25) is 0 Å². The number of carboxylic acids is 1. The van der Waals surface area contributed by atoms with E-state index in [0.29, 0.717) is 12.0 Å². The summed E-state index contributed by atoms with van der Waals surface area (Å²) in [7, 11) is 0. The quantitative estimate of drug-likeness (QED) is 0.444. The molecule has 0 heterocycles. The molecule has 78 valence electrons. The SMILES string of the molecule is CC/C(C(=O)O)=C(/C(O)=S)C(C)C.[NaH].[NaH]. The number of aliphatic hydroxyl groups is 1. The van der Waals surface area contributed by atoms with Crippen LogP contribution in [0.25, 0.3) is 0 Å². The van der Waals surface area contributed by atoms with E-state index >= 15 is 0 Å². The molecule has 0 unspecified atom stereocenters. The fraction of sp³-hybridized carbons (Fsp3) is 0.556. The van der Waals surface area contributed by atoms with E-state index in [9.17, 15) is 4.79 Å². The van der Waals surface area contributed by atoms with Crippen molar-refractivity contribution in [1.29, 1.82) is 0 Å². The molecular weight excluding hydrogens is 234 g/mol. The third-order valence-electron chi connectivity index (χ3n) is 1.74. The van der Waals surface area contributed by atoms with Gasteiger partial charge in [0, 0.05) is 11.1 Å². The third kappa shape index (κ3) is 7.10. The van der Waals surface area contributed by atoms with Crippen molar-refractivity contribution in [2.24, 2.45) is 5.92 Å². The molecule has 0 atom stereocenters. The summed E-state index contributed by atoms with van der Waals surface area (Å²) >= 11 is 4.59. The van der Waals surface area contributed by atoms with Crippen molar-refractivity contribution >= 4 is 82.4 Å². The van der Waals surface area contributed by atoms with Crippen molar-refractivity contribution in [3.8, 4) is 0 Å². The zero-order chi connectivity index (χ0) is 10.6. The molecule has 0 fully saturated rings. The minimum absolute atomic E-state index is 0. The maximum atomic E-state index is 10.8. The van der Waals surface area contributed by atoms with Crippen LogP contribution in [-0.2, 0) is 4.79 Å². The Hall–Kier alpha value is 1.10. The van der Waals surface area contributed by atoms with Crippen molar-refractivity contribution in [2.75, 3.05) is 0 Å². The molecule has 0 saturated carbocycles. The Morgan fingerprint density at radius 2 is 1.67 bits per heavy atom. The molecule has 0 radical (unpaired) electrons. The van der Waals surface area contributed by atoms with Gasteiger partial charge in [-0.05, 0) is 24.6 Å². The van der Waals surface area contributed by atoms with Gasteiger partial charge >= 0.3 is 65.1 Å². The first-order valence-corrected chi connectivity index (χ1v) is 4.52. The normalized spacial score (nSPS) is 10.9. The van der Waals surface area contributed by atoms with Crippen LogP contribution in [-0.4, -0.2) is 80.3 Å². The summed E-state index contributed by atoms with van der Waals surface area (Å²) in [6.07, 6.45) is 0.365. The fourth-order valence-corrected chi connectivity index (χ4v) is 1.54. The van der Waals surface area contributed by atoms with Gasteiger partial charge in [0.25, 0.3) is 0 Å². The van der Waals surface area contributed by atoms with Crippen molar-refractivity contribution in [1.82, 2.24) is 0 Å². The monoisotopic (exact) mass is 250 g/mol. The maximum absolute atomic E-state index is 10.8. The van der Waals surface area contributed by atoms with Crippen molar-refractivity contribution in [2.45, 2.75) is 27.2 Å². The molecule has 6 heteroatoms. The van der Waals surface area contributed by atoms with Gasteiger partial charge in [0.2, 0.25) is 0 Å². The Morgan fingerprint density at radius 3 is 1.73 bits per heavy atom. The van der Waals surface area contributed by atoms with E-state index in [0.717, 1.165) is 0 Å². The summed E-state index contributed by atoms with van der Waals surface area (Å²) in [6, 6.07) is 0. The first kappa shape index (κ1) is 21.4. The van der Waals surface area contributed by atoms with Crippen LogP contribution in [0.1, 0.15) is 27.2 Å². The predicted molar refractivity (Wildman–Crippen MR) is 69.3 cm³/mol. The summed E-state index contributed by atoms with van der Waals surface area (Å²) in [5.74, 6) is -1.08. The Kier molecular flexibility index (Phi) is 14.6. The Balaban J connectivity index is -0.000000720. The van der Waals surface area contributed by atoms with Gasteiger partial charge in [0.05, 0.1) is 0 Å². The van der Waals surface area contributed by atoms with Crippen LogP contribution < -0.4 is 0 Å². The van der Waals surface area contributed by atoms with Crippen molar-refractivity contribution < 1.29 is 15.0 Å². The number of hydrogen-bond acceptors (Lipinski definition) is 2. The van der Waals surface area contributed by atoms with Crippen LogP contribution in [0.15, 0.2) is 11.1 Å². The van der Waals surface area contributed by atoms with E-state index < -0.39 is 5.97 Å². The van der Waals surface area contributed by atoms with E-state index in [2.05, 4.69) is 12.2 Å². The number of hydrogen-bond donors (Lipinski definition) is 2. The van der Waals surface area contributed by atoms with E-state index in [4.69, 9.17) is 10.2 Å². The second kappa shape index (κ2) is 10.3. The Morgan fingerprint density at radius 1 is 1.27 bits per heavy atom. The molecule has 3 nitrogen and oxygen atoms in total. The number of thiocarbonyl (C=S) groups is 1. The standard InChI is InChI=1S/C9H14O3S.2Na.2H/c1-4-6(8(10)11)7(5(2)3)9(12)13;;;;/h5H,4H2,1-3H3,(H,10,11)(H,12,13);;;;/b7-6-;;;;. The van der Waals surface area contributed by atoms with Crippen molar-refractivity contribution in [3.63, 3.8) is 0 Å². The van der Waals surface area contributed by atoms with Crippen LogP contribution in [0.5, 0.6) is 0 Å². The summed E-state index contributed by atoms with van der Waals surface area (Å²) in [5.41, 5.74) is 0.563. The third-order valence-corrected chi connectivity index (χ3v) is 1.96. The van der Waals surface area contributed by atoms with Crippen LogP contribution in [0, 0.1) is 5.92 Å². The number of rotatable bonds is 4. The van der Waals surface area contributed by atoms with E-state index in [-0.39, 0.29) is 75.7 Å². The van der Waals surface area contributed by atoms with Gasteiger partial charge in [-0.3, -0.25) is 0 Å². The second-order valence-electron chi connectivity index (χ2n) is 3.01. The van der Waals surface area contributed by atoms with E-state index in [1.807, 2.05) is 0 Å². The van der Waals surface area contributed by atoms with Crippen LogP contribution in [0.3, 0.4) is 0 Å². The molecule has 2 N–H and O–H groups in total. The number of aliphatic hydroxyl groups excluding tert-OH is 1. The van der Waals surface area contributed by atoms with Gasteiger partial charge in [0.15, 0.2) is 5.05 Å². The summed E-state index contributed by atoms with van der Waals surface area (Å²) in [6.45, 7) is 5.33. The zero-order valence-electron chi connectivity index (χ0n) is 8.00. The molecule has 0 amide bonds. The average Bonchev–Trinajstić information content (AvgIpc) is 1.97. The molecule has 0 spiro atoms. The molecule has 0 aromatic rings. The number of carbonyl (C=O) groups is 1. The van der Waals surface area contributed by atoms with E-state index in [1.165, 1.54) is 0 Å². The van der Waals surface area contributed by atoms with E-state index in [1.54, 1.807) is 20.8 Å². The van der Waals surface area contributed by atoms with Crippen LogP contribution in [0.4, 0.5) is 0 Å². The molecular formula is C9H16Na2O3S. The first-order chi connectivity index (χ1) is 5.91. The van der Waals surface area contributed by atoms with Gasteiger partial charge in [0.1, 0.15) is 0 Å². The molecule has 0 aliphatic rings. The fourth-order valence-electron chi connectivity index (χ4n) is 1.18. The molecule has 0 aliphatic carbocycles. The molecule has 15 heavy (non-hydrogen) atoms. The van der Waals surface area contributed by atoms with Crippen molar-refractivity contribution in [3.05, 3.63) is 11.1 Å². The molecule has 0 aliphatic heterocycles. The molecule has 0 saturated heterocycles. The Bertz CT molecular complexity index is 262. The average molecular weight is 250 g/mol. The molecule has 0 aromatic heterocycles. The number of carboxylic acid groups (broad SMARTS) is 1. The minimum atomic E-state index is -1.01. The van der Waals surface area contributed by atoms with Gasteiger partial charge in [-0.1, -0.05) is 20.8 Å². The first-order valence-electron chi connectivity index (χ1n) is 4.11. The summed E-state index contributed by atoms with van der Waals surface area (Å²) in [4.78, 5) is 10.8. The Labute approximate surface area is 140 Å². The zero-order valence-corrected chi connectivity index (χ0v) is 8.81. The molecule has 0 aromatic carbocycles. The van der Waals surface area contributed by atoms with Gasteiger partial charge in [-0.2, -0.15) is 0 Å². The molecule has 0 rings (SSSR count). The van der Waals surface area contributed by atoms with Crippen LogP contribution >= 0.6 is 12.2 Å². The summed E-state index contributed by atoms with van der Waals surface area (Å²) in [5, 5.41) is 17.6. The topological polar surface area (TPSA) is 57.5 Å². The van der Waals surface area contributed by atoms with Gasteiger partial charge < -0.3 is 10.2 Å². The molecule has 0 bridgehead atoms. The predicted octanol–water partition coefficient (Wildman–Crippen LogP) is 1.02. The van der Waals surface area contributed by atoms with Gasteiger partial charge in [-0.15, -0.1) is 0 Å². The summed E-state index contributed by atoms with van der Waals surface area (Å²) < 4.78 is 0.